The fourth-order valence-electron chi connectivity index (χ4n) is 2.66. The first-order valence-electron chi connectivity index (χ1n) is 8.36. The van der Waals surface area contributed by atoms with Gasteiger partial charge in [0.1, 0.15) is 5.75 Å². The van der Waals surface area contributed by atoms with Gasteiger partial charge in [0.25, 0.3) is 0 Å². The Morgan fingerprint density at radius 2 is 1.86 bits per heavy atom. The molecule has 0 radical (unpaired) electrons. The zero-order valence-corrected chi connectivity index (χ0v) is 17.1. The van der Waals surface area contributed by atoms with Crippen molar-refractivity contribution in [2.75, 3.05) is 7.11 Å². The second-order valence-electron chi connectivity index (χ2n) is 5.85. The van der Waals surface area contributed by atoms with Crippen molar-refractivity contribution in [3.8, 4) is 23.0 Å². The lowest BCUT2D eigenvalue weighted by Crippen LogP contribution is -1.99. The standard InChI is InChI=1S/C20H15Cl2N3O2S/c1-26-15-7-4-13(5-8-15)12-28-20-24-23-19(18-3-2-10-27-18)25(20)14-6-9-16(21)17(22)11-14/h2-11H,12H2,1H3. The van der Waals surface area contributed by atoms with Gasteiger partial charge in [0.2, 0.25) is 5.82 Å². The Bertz CT molecular complexity index is 1080. The number of halogens is 2. The molecule has 0 unspecified atom stereocenters. The van der Waals surface area contributed by atoms with Gasteiger partial charge in [0, 0.05) is 5.75 Å². The molecule has 0 saturated carbocycles. The number of furan rings is 1. The average Bonchev–Trinajstić information content (AvgIpc) is 3.38. The van der Waals surface area contributed by atoms with E-state index in [0.717, 1.165) is 27.9 Å². The van der Waals surface area contributed by atoms with E-state index in [4.69, 9.17) is 32.4 Å². The monoisotopic (exact) mass is 431 g/mol. The summed E-state index contributed by atoms with van der Waals surface area (Å²) in [7, 11) is 1.65. The van der Waals surface area contributed by atoms with E-state index < -0.39 is 0 Å². The number of rotatable bonds is 6. The molecule has 0 aliphatic heterocycles. The molecule has 0 aliphatic carbocycles. The highest BCUT2D eigenvalue weighted by Crippen LogP contribution is 2.32. The van der Waals surface area contributed by atoms with Gasteiger partial charge in [-0.05, 0) is 48.0 Å². The zero-order valence-electron chi connectivity index (χ0n) is 14.8. The summed E-state index contributed by atoms with van der Waals surface area (Å²) < 4.78 is 12.7. The maximum atomic E-state index is 6.23. The first kappa shape index (κ1) is 18.9. The summed E-state index contributed by atoms with van der Waals surface area (Å²) in [5.74, 6) is 2.77. The van der Waals surface area contributed by atoms with Gasteiger partial charge < -0.3 is 9.15 Å². The molecule has 142 valence electrons. The SMILES string of the molecule is COc1ccc(CSc2nnc(-c3ccco3)n2-c2ccc(Cl)c(Cl)c2)cc1. The normalized spacial score (nSPS) is 11.0. The van der Waals surface area contributed by atoms with Crippen LogP contribution < -0.4 is 4.74 Å². The molecule has 5 nitrogen and oxygen atoms in total. The number of thioether (sulfide) groups is 1. The highest BCUT2D eigenvalue weighted by molar-refractivity contribution is 7.98. The quantitative estimate of drug-likeness (QED) is 0.343. The second-order valence-corrected chi connectivity index (χ2v) is 7.61. The molecule has 2 aromatic heterocycles. The Morgan fingerprint density at radius 1 is 1.04 bits per heavy atom. The number of aromatic nitrogens is 3. The van der Waals surface area contributed by atoms with Gasteiger partial charge in [-0.1, -0.05) is 47.1 Å². The van der Waals surface area contributed by atoms with E-state index in [0.29, 0.717) is 21.6 Å². The third-order valence-electron chi connectivity index (χ3n) is 4.06. The molecule has 4 rings (SSSR count). The lowest BCUT2D eigenvalue weighted by Gasteiger charge is -2.10. The second kappa shape index (κ2) is 8.31. The average molecular weight is 432 g/mol. The third-order valence-corrected chi connectivity index (χ3v) is 5.80. The Labute approximate surface area is 176 Å². The van der Waals surface area contributed by atoms with Crippen molar-refractivity contribution in [3.05, 3.63) is 76.5 Å². The molecule has 0 fully saturated rings. The van der Waals surface area contributed by atoms with Crippen molar-refractivity contribution in [1.29, 1.82) is 0 Å². The summed E-state index contributed by atoms with van der Waals surface area (Å²) in [6.07, 6.45) is 1.60. The number of hydrogen-bond donors (Lipinski definition) is 0. The minimum absolute atomic E-state index is 0.462. The maximum Gasteiger partial charge on any atom is 0.205 e. The predicted octanol–water partition coefficient (Wildman–Crippen LogP) is 6.14. The van der Waals surface area contributed by atoms with E-state index >= 15 is 0 Å². The van der Waals surface area contributed by atoms with Gasteiger partial charge in [-0.3, -0.25) is 4.57 Å². The Morgan fingerprint density at radius 3 is 2.54 bits per heavy atom. The van der Waals surface area contributed by atoms with E-state index in [1.54, 1.807) is 37.3 Å². The molecule has 2 heterocycles. The Kier molecular flexibility index (Phi) is 5.62. The molecule has 0 spiro atoms. The van der Waals surface area contributed by atoms with Crippen LogP contribution in [0.15, 0.2) is 70.4 Å². The zero-order chi connectivity index (χ0) is 19.5. The van der Waals surface area contributed by atoms with Crippen LogP contribution in [0.1, 0.15) is 5.56 Å². The molecule has 0 N–H and O–H groups in total. The minimum atomic E-state index is 0.462. The Balaban J connectivity index is 1.69. The van der Waals surface area contributed by atoms with Crippen molar-refractivity contribution >= 4 is 35.0 Å². The van der Waals surface area contributed by atoms with Gasteiger partial charge in [-0.25, -0.2) is 0 Å². The van der Waals surface area contributed by atoms with Gasteiger partial charge in [-0.15, -0.1) is 10.2 Å². The van der Waals surface area contributed by atoms with Crippen molar-refractivity contribution < 1.29 is 9.15 Å². The van der Waals surface area contributed by atoms with Gasteiger partial charge in [0.15, 0.2) is 10.9 Å². The molecule has 0 amide bonds. The topological polar surface area (TPSA) is 53.1 Å². The molecule has 4 aromatic rings. The summed E-state index contributed by atoms with van der Waals surface area (Å²) in [6.45, 7) is 0. The van der Waals surface area contributed by atoms with Crippen molar-refractivity contribution in [2.45, 2.75) is 10.9 Å². The fourth-order valence-corrected chi connectivity index (χ4v) is 3.86. The lowest BCUT2D eigenvalue weighted by molar-refractivity contribution is 0.414. The number of nitrogens with zero attached hydrogens (tertiary/aromatic N) is 3. The lowest BCUT2D eigenvalue weighted by atomic mass is 10.2. The summed E-state index contributed by atoms with van der Waals surface area (Å²) in [6, 6.07) is 17.0. The van der Waals surface area contributed by atoms with Crippen molar-refractivity contribution in [3.63, 3.8) is 0 Å². The van der Waals surface area contributed by atoms with Crippen molar-refractivity contribution in [2.24, 2.45) is 0 Å². The minimum Gasteiger partial charge on any atom is -0.497 e. The summed E-state index contributed by atoms with van der Waals surface area (Å²) in [5.41, 5.74) is 1.96. The smallest absolute Gasteiger partial charge is 0.205 e. The van der Waals surface area contributed by atoms with Crippen LogP contribution in [0.25, 0.3) is 17.3 Å². The highest BCUT2D eigenvalue weighted by atomic mass is 35.5. The van der Waals surface area contributed by atoms with Gasteiger partial charge in [0.05, 0.1) is 29.1 Å². The molecule has 8 heteroatoms. The molecule has 2 aromatic carbocycles. The van der Waals surface area contributed by atoms with E-state index in [9.17, 15) is 0 Å². The highest BCUT2D eigenvalue weighted by Gasteiger charge is 2.18. The molecule has 28 heavy (non-hydrogen) atoms. The van der Waals surface area contributed by atoms with E-state index in [1.807, 2.05) is 47.0 Å². The molecular formula is C20H15Cl2N3O2S. The molecule has 0 atom stereocenters. The van der Waals surface area contributed by atoms with Gasteiger partial charge in [-0.2, -0.15) is 0 Å². The molecule has 0 saturated heterocycles. The molecule has 0 aliphatic rings. The third kappa shape index (κ3) is 3.90. The first-order chi connectivity index (χ1) is 13.7. The van der Waals surface area contributed by atoms with Crippen LogP contribution in [0.3, 0.4) is 0 Å². The van der Waals surface area contributed by atoms with Crippen LogP contribution in [0.4, 0.5) is 0 Å². The van der Waals surface area contributed by atoms with E-state index in [2.05, 4.69) is 10.2 Å². The van der Waals surface area contributed by atoms with E-state index in [1.165, 1.54) is 0 Å². The maximum absolute atomic E-state index is 6.23. The number of benzene rings is 2. The van der Waals surface area contributed by atoms with Crippen LogP contribution >= 0.6 is 35.0 Å². The van der Waals surface area contributed by atoms with Crippen LogP contribution in [0.2, 0.25) is 10.0 Å². The summed E-state index contributed by atoms with van der Waals surface area (Å²) >= 11 is 13.9. The summed E-state index contributed by atoms with van der Waals surface area (Å²) in [4.78, 5) is 0. The van der Waals surface area contributed by atoms with Crippen LogP contribution in [-0.2, 0) is 5.75 Å². The number of hydrogen-bond acceptors (Lipinski definition) is 5. The largest absolute Gasteiger partial charge is 0.497 e. The fraction of sp³-hybridized carbons (Fsp3) is 0.100. The van der Waals surface area contributed by atoms with Gasteiger partial charge >= 0.3 is 0 Å². The number of ether oxygens (including phenoxy) is 1. The summed E-state index contributed by atoms with van der Waals surface area (Å²) in [5, 5.41) is 10.4. The van der Waals surface area contributed by atoms with Crippen molar-refractivity contribution in [1.82, 2.24) is 14.8 Å². The predicted molar refractivity (Wildman–Crippen MR) is 112 cm³/mol. The number of methoxy groups -OCH3 is 1. The van der Waals surface area contributed by atoms with E-state index in [-0.39, 0.29) is 0 Å². The first-order valence-corrected chi connectivity index (χ1v) is 10.1. The van der Waals surface area contributed by atoms with Crippen LogP contribution in [-0.4, -0.2) is 21.9 Å². The van der Waals surface area contributed by atoms with Crippen LogP contribution in [0.5, 0.6) is 5.75 Å². The molecule has 0 bridgehead atoms. The molecular weight excluding hydrogens is 417 g/mol. The Hall–Kier alpha value is -2.41. The van der Waals surface area contributed by atoms with Crippen LogP contribution in [0, 0.1) is 0 Å².